The minimum Gasteiger partial charge on any atom is -0.445 e. The Labute approximate surface area is 162 Å². The quantitative estimate of drug-likeness (QED) is 0.690. The van der Waals surface area contributed by atoms with Crippen LogP contribution in [0.5, 0.6) is 0 Å². The maximum absolute atomic E-state index is 12.7. The molecule has 0 saturated heterocycles. The molecule has 0 fully saturated rings. The van der Waals surface area contributed by atoms with Gasteiger partial charge in [0, 0.05) is 13.0 Å². The number of esters is 1. The van der Waals surface area contributed by atoms with Crippen molar-refractivity contribution in [3.63, 3.8) is 0 Å². The summed E-state index contributed by atoms with van der Waals surface area (Å²) in [4.78, 5) is 28.9. The normalized spacial score (nSPS) is 18.2. The van der Waals surface area contributed by atoms with E-state index in [9.17, 15) is 9.59 Å². The first-order chi connectivity index (χ1) is 13.5. The molecule has 1 unspecified atom stereocenters. The first-order valence-electron chi connectivity index (χ1n) is 9.03. The molecule has 0 radical (unpaired) electrons. The van der Waals surface area contributed by atoms with Gasteiger partial charge in [-0.1, -0.05) is 42.5 Å². The van der Waals surface area contributed by atoms with Crippen LogP contribution in [0.4, 0.5) is 0 Å². The fraction of sp³-hybridized carbons (Fsp3) is 0.238. The molecule has 1 N–H and O–H groups in total. The number of hydrogen-bond donors (Lipinski definition) is 1. The van der Waals surface area contributed by atoms with Crippen molar-refractivity contribution in [2.75, 3.05) is 0 Å². The van der Waals surface area contributed by atoms with E-state index in [2.05, 4.69) is 15.4 Å². The Morgan fingerprint density at radius 2 is 1.93 bits per heavy atom. The van der Waals surface area contributed by atoms with Crippen LogP contribution in [0.3, 0.4) is 0 Å². The number of rotatable bonds is 5. The highest BCUT2D eigenvalue weighted by atomic mass is 16.6. The minimum atomic E-state index is -1.21. The van der Waals surface area contributed by atoms with Gasteiger partial charge in [-0.3, -0.25) is 4.79 Å². The van der Waals surface area contributed by atoms with Crippen LogP contribution in [0.25, 0.3) is 0 Å². The number of cyclic esters (lactones) is 1. The van der Waals surface area contributed by atoms with Crippen molar-refractivity contribution in [2.45, 2.75) is 32.0 Å². The van der Waals surface area contributed by atoms with Crippen LogP contribution in [-0.4, -0.2) is 32.2 Å². The van der Waals surface area contributed by atoms with Gasteiger partial charge in [-0.05, 0) is 29.7 Å². The summed E-state index contributed by atoms with van der Waals surface area (Å²) in [7, 11) is 0. The summed E-state index contributed by atoms with van der Waals surface area (Å²) in [6, 6.07) is 15.1. The lowest BCUT2D eigenvalue weighted by Crippen LogP contribution is -2.51. The van der Waals surface area contributed by atoms with E-state index in [0.29, 0.717) is 25.1 Å². The highest BCUT2D eigenvalue weighted by Crippen LogP contribution is 2.28. The Hall–Kier alpha value is -3.48. The summed E-state index contributed by atoms with van der Waals surface area (Å²) in [5, 5.41) is 6.96. The summed E-state index contributed by atoms with van der Waals surface area (Å²) in [5.74, 6) is -0.765. The van der Waals surface area contributed by atoms with Gasteiger partial charge in [0.1, 0.15) is 12.7 Å². The van der Waals surface area contributed by atoms with E-state index in [1.54, 1.807) is 30.1 Å². The molecule has 1 atom stereocenters. The number of carbonyl (C=O) groups is 2. The molecule has 7 heteroatoms. The van der Waals surface area contributed by atoms with Crippen molar-refractivity contribution in [3.8, 4) is 0 Å². The molecule has 0 bridgehead atoms. The molecule has 0 spiro atoms. The third-order valence-electron chi connectivity index (χ3n) is 4.85. The van der Waals surface area contributed by atoms with E-state index < -0.39 is 11.6 Å². The summed E-state index contributed by atoms with van der Waals surface area (Å²) < 4.78 is 7.20. The summed E-state index contributed by atoms with van der Waals surface area (Å²) in [5.41, 5.74) is 2.19. The molecular weight excluding hydrogens is 356 g/mol. The van der Waals surface area contributed by atoms with E-state index in [1.165, 1.54) is 6.33 Å². The molecule has 3 aromatic rings. The summed E-state index contributed by atoms with van der Waals surface area (Å²) in [6.07, 6.45) is 3.52. The molecule has 142 valence electrons. The van der Waals surface area contributed by atoms with Crippen molar-refractivity contribution in [1.29, 1.82) is 0 Å². The smallest absolute Gasteiger partial charge is 0.339 e. The average molecular weight is 376 g/mol. The second kappa shape index (κ2) is 7.26. The Morgan fingerprint density at radius 1 is 1.18 bits per heavy atom. The third kappa shape index (κ3) is 3.64. The maximum Gasteiger partial charge on any atom is 0.339 e. The first kappa shape index (κ1) is 17.9. The standard InChI is InChI=1S/C21H20N4O3/c1-21(10-17-4-2-3-5-18(17)19(26)28-21)20(27)23-11-15-6-8-16(9-7-15)12-25-14-22-13-24-25/h2-9,13-14H,10-12H2,1H3,(H,23,27). The van der Waals surface area contributed by atoms with Crippen molar-refractivity contribution >= 4 is 11.9 Å². The number of amides is 1. The molecule has 2 heterocycles. The highest BCUT2D eigenvalue weighted by Gasteiger charge is 2.42. The van der Waals surface area contributed by atoms with Crippen molar-refractivity contribution in [1.82, 2.24) is 20.1 Å². The van der Waals surface area contributed by atoms with Crippen LogP contribution in [0.15, 0.2) is 61.2 Å². The highest BCUT2D eigenvalue weighted by molar-refractivity contribution is 5.97. The zero-order chi connectivity index (χ0) is 19.6. The molecule has 4 rings (SSSR count). The topological polar surface area (TPSA) is 86.1 Å². The summed E-state index contributed by atoms with van der Waals surface area (Å²) >= 11 is 0. The Balaban J connectivity index is 1.38. The number of hydrogen-bond acceptors (Lipinski definition) is 5. The third-order valence-corrected chi connectivity index (χ3v) is 4.85. The van der Waals surface area contributed by atoms with Crippen LogP contribution in [0.1, 0.15) is 34.0 Å². The largest absolute Gasteiger partial charge is 0.445 e. The van der Waals surface area contributed by atoms with Crippen LogP contribution in [0.2, 0.25) is 0 Å². The fourth-order valence-corrected chi connectivity index (χ4v) is 3.29. The van der Waals surface area contributed by atoms with Gasteiger partial charge in [-0.2, -0.15) is 5.10 Å². The van der Waals surface area contributed by atoms with Crippen molar-refractivity contribution < 1.29 is 14.3 Å². The lowest BCUT2D eigenvalue weighted by atomic mass is 9.89. The molecule has 1 aliphatic heterocycles. The number of benzene rings is 2. The van der Waals surface area contributed by atoms with E-state index >= 15 is 0 Å². The predicted octanol–water partition coefficient (Wildman–Crippen LogP) is 2.11. The first-order valence-corrected chi connectivity index (χ1v) is 9.03. The average Bonchev–Trinajstić information content (AvgIpc) is 3.20. The predicted molar refractivity (Wildman–Crippen MR) is 101 cm³/mol. The fourth-order valence-electron chi connectivity index (χ4n) is 3.29. The lowest BCUT2D eigenvalue weighted by Gasteiger charge is -2.33. The lowest BCUT2D eigenvalue weighted by molar-refractivity contribution is -0.139. The van der Waals surface area contributed by atoms with Gasteiger partial charge in [0.15, 0.2) is 5.60 Å². The number of nitrogens with one attached hydrogen (secondary N) is 1. The van der Waals surface area contributed by atoms with Gasteiger partial charge in [0.2, 0.25) is 0 Å². The van der Waals surface area contributed by atoms with Gasteiger partial charge in [0.05, 0.1) is 12.1 Å². The van der Waals surface area contributed by atoms with E-state index in [-0.39, 0.29) is 5.91 Å². The van der Waals surface area contributed by atoms with E-state index in [4.69, 9.17) is 4.74 Å². The van der Waals surface area contributed by atoms with Crippen LogP contribution in [-0.2, 0) is 29.0 Å². The second-order valence-electron chi connectivity index (χ2n) is 7.05. The Bertz CT molecular complexity index is 999. The van der Waals surface area contributed by atoms with Gasteiger partial charge in [0.25, 0.3) is 5.91 Å². The van der Waals surface area contributed by atoms with Gasteiger partial charge in [-0.25, -0.2) is 14.5 Å². The van der Waals surface area contributed by atoms with Gasteiger partial charge < -0.3 is 10.1 Å². The monoisotopic (exact) mass is 376 g/mol. The van der Waals surface area contributed by atoms with Crippen molar-refractivity contribution in [2.24, 2.45) is 0 Å². The van der Waals surface area contributed by atoms with E-state index in [0.717, 1.165) is 16.7 Å². The Morgan fingerprint density at radius 3 is 2.68 bits per heavy atom. The second-order valence-corrected chi connectivity index (χ2v) is 7.05. The van der Waals surface area contributed by atoms with Crippen molar-refractivity contribution in [3.05, 3.63) is 83.4 Å². The van der Waals surface area contributed by atoms with Gasteiger partial charge >= 0.3 is 5.97 Å². The van der Waals surface area contributed by atoms with Crippen LogP contribution >= 0.6 is 0 Å². The molecular formula is C21H20N4O3. The zero-order valence-electron chi connectivity index (χ0n) is 15.5. The molecule has 1 aromatic heterocycles. The SMILES string of the molecule is CC1(C(=O)NCc2ccc(Cn3cncn3)cc2)Cc2ccccc2C(=O)O1. The molecule has 0 saturated carbocycles. The Kier molecular flexibility index (Phi) is 4.65. The van der Waals surface area contributed by atoms with Gasteiger partial charge in [-0.15, -0.1) is 0 Å². The number of nitrogens with zero attached hydrogens (tertiary/aromatic N) is 3. The molecule has 2 aromatic carbocycles. The number of ether oxygens (including phenoxy) is 1. The molecule has 1 aliphatic rings. The molecule has 1 amide bonds. The maximum atomic E-state index is 12.7. The summed E-state index contributed by atoms with van der Waals surface area (Å²) in [6.45, 7) is 2.65. The van der Waals surface area contributed by atoms with Crippen LogP contribution < -0.4 is 5.32 Å². The van der Waals surface area contributed by atoms with E-state index in [1.807, 2.05) is 36.4 Å². The number of carbonyl (C=O) groups excluding carboxylic acids is 2. The number of aromatic nitrogens is 3. The zero-order valence-corrected chi connectivity index (χ0v) is 15.5. The van der Waals surface area contributed by atoms with Crippen LogP contribution in [0, 0.1) is 0 Å². The number of fused-ring (bicyclic) bond motifs is 1. The molecule has 28 heavy (non-hydrogen) atoms. The molecule has 0 aliphatic carbocycles. The molecule has 7 nitrogen and oxygen atoms in total. The minimum absolute atomic E-state index is 0.304.